The highest BCUT2D eigenvalue weighted by atomic mass is 32.2. The molecular weight excluding hydrogens is 995 g/mol. The molecule has 0 saturated carbocycles. The molecule has 1 N–H and O–H groups in total. The molecule has 0 fully saturated rings. The number of hydrogen-bond donors (Lipinski definition) is 1. The molecule has 0 rings (SSSR count). The van der Waals surface area contributed by atoms with E-state index in [0.29, 0.717) is 47.8 Å². The lowest BCUT2D eigenvalue weighted by molar-refractivity contribution is -0.151. The third kappa shape index (κ3) is 154. The molecule has 0 aromatic carbocycles. The molecule has 0 atom stereocenters. The van der Waals surface area contributed by atoms with Crippen LogP contribution < -0.4 is 5.32 Å². The van der Waals surface area contributed by atoms with E-state index < -0.39 is 0 Å². The zero-order valence-corrected chi connectivity index (χ0v) is 61.5. The summed E-state index contributed by atoms with van der Waals surface area (Å²) < 4.78 is 15.4. The zero-order chi connectivity index (χ0) is 64.1. The molecule has 0 unspecified atom stereocenters. The van der Waals surface area contributed by atoms with Crippen molar-refractivity contribution in [2.45, 2.75) is 358 Å². The van der Waals surface area contributed by atoms with Crippen molar-refractivity contribution in [1.29, 1.82) is 0 Å². The van der Waals surface area contributed by atoms with Gasteiger partial charge in [-0.15, -0.1) is 0 Å². The van der Waals surface area contributed by atoms with Crippen molar-refractivity contribution in [1.82, 2.24) is 5.32 Å². The average molecular weight is 1160 g/mol. The van der Waals surface area contributed by atoms with Gasteiger partial charge >= 0.3 is 5.97 Å². The monoisotopic (exact) mass is 1160 g/mol. The number of hydrogen-bond acceptors (Lipinski definition) is 8. The van der Waals surface area contributed by atoms with Gasteiger partial charge in [0.2, 0.25) is 0 Å². The van der Waals surface area contributed by atoms with Crippen LogP contribution in [0.3, 0.4) is 0 Å². The number of ether oxygens (including phenoxy) is 3. The fraction of sp³-hybridized carbons (Fsp3) is 0.958. The van der Waals surface area contributed by atoms with Crippen LogP contribution in [0.1, 0.15) is 317 Å². The van der Waals surface area contributed by atoms with E-state index in [-0.39, 0.29) is 50.6 Å². The number of thioether (sulfide) groups is 1. The number of nitrogens with one attached hydrogen (secondary N) is 1. The van der Waals surface area contributed by atoms with Crippen LogP contribution in [0.4, 0.5) is 0 Å². The molecule has 0 heterocycles. The second kappa shape index (κ2) is 71.3. The van der Waals surface area contributed by atoms with Crippen LogP contribution >= 0.6 is 11.8 Å². The van der Waals surface area contributed by atoms with Gasteiger partial charge in [-0.1, -0.05) is 236 Å². The average Bonchev–Trinajstić information content (AvgIpc) is 3.18. The summed E-state index contributed by atoms with van der Waals surface area (Å²) in [5, 5.41) is 4.93. The van der Waals surface area contributed by atoms with E-state index in [0.717, 1.165) is 71.5 Å². The molecule has 0 aromatic heterocycles. The van der Waals surface area contributed by atoms with Crippen molar-refractivity contribution in [3.8, 4) is 0 Å². The van der Waals surface area contributed by atoms with Gasteiger partial charge in [0.25, 0.3) is 0 Å². The molecule has 0 radical (unpaired) electrons. The summed E-state index contributed by atoms with van der Waals surface area (Å²) in [6.45, 7) is 86.6. The van der Waals surface area contributed by atoms with Gasteiger partial charge in [-0.05, 0) is 145 Å². The van der Waals surface area contributed by atoms with E-state index in [9.17, 15) is 14.4 Å². The number of ketones is 2. The van der Waals surface area contributed by atoms with Crippen LogP contribution in [0.15, 0.2) is 0 Å². The SMILES string of the molecule is C.C.CC(C)C(=O)C(C)C.CC(C)CC(=O)C(C)C.CC(C)CC(C)C.CC(C)CC(C)C.CC(C)CC(C)C.CC(C)CNC(C)C.CC(C)COC(C)C.CC(C)OC(=O)C(C)C.CC(C)OC(C)C.CC(C)SC(C)C. The Balaban J connectivity index is -0.0000000630. The van der Waals surface area contributed by atoms with Crippen molar-refractivity contribution in [3.63, 3.8) is 0 Å². The lowest BCUT2D eigenvalue weighted by Crippen LogP contribution is -2.26. The van der Waals surface area contributed by atoms with E-state index >= 15 is 0 Å². The summed E-state index contributed by atoms with van der Waals surface area (Å²) in [7, 11) is 0. The third-order valence-corrected chi connectivity index (χ3v) is 9.92. The highest BCUT2D eigenvalue weighted by Gasteiger charge is 2.11. The van der Waals surface area contributed by atoms with Crippen LogP contribution in [0.25, 0.3) is 0 Å². The molecule has 0 spiro atoms. The summed E-state index contributed by atoms with van der Waals surface area (Å²) in [4.78, 5) is 32.5. The lowest BCUT2D eigenvalue weighted by Gasteiger charge is -2.09. The summed E-state index contributed by atoms with van der Waals surface area (Å²) >= 11 is 2.01. The maximum atomic E-state index is 11.0. The highest BCUT2D eigenvalue weighted by molar-refractivity contribution is 8.00. The fourth-order valence-corrected chi connectivity index (χ4v) is 7.54. The predicted octanol–water partition coefficient (Wildman–Crippen LogP) is 23.1. The number of carbonyl (C=O) groups is 3. The fourth-order valence-electron chi connectivity index (χ4n) is 6.45. The third-order valence-electron chi connectivity index (χ3n) is 8.83. The Morgan fingerprint density at radius 1 is 0.354 bits per heavy atom. The number of Topliss-reactive ketones (excluding diaryl/α,β-unsaturated/α-hetero) is 2. The Morgan fingerprint density at radius 2 is 0.658 bits per heavy atom. The van der Waals surface area contributed by atoms with Crippen molar-refractivity contribution in [3.05, 3.63) is 0 Å². The quantitative estimate of drug-likeness (QED) is 0.101. The summed E-state index contributed by atoms with van der Waals surface area (Å²) in [6, 6.07) is 0.636. The summed E-state index contributed by atoms with van der Waals surface area (Å²) in [6.07, 6.45) is 5.97. The Morgan fingerprint density at radius 3 is 0.709 bits per heavy atom. The standard InChI is InChI=1S/C8H16O.C7H17N.C7H14O2.C7H16O.C7H14O.3C7H16.C6H14O.C6H14S.2CH4/c1-6(2)5-8(9)7(3)4;1-6(2)5-8-7(3)4;1-5(2)7(8)9-6(3)4;1-6(2)5-8-7(3)4;1-5(2)7(8)6(3)4;3*1-6(2)5-7(3)4;2*1-5(2)7-6(3)4;;/h6-7H,5H2,1-4H3;6-8H,5H2,1-4H3;5-6H,1-4H3;6-7H,5H2,1-4H3;5-6H,1-4H3;3*6-7H,5H2,1-4H3;2*5-6H,1-4H3;2*1H4. The Hall–Kier alpha value is -0.960. The normalized spacial score (nSPS) is 10.7. The van der Waals surface area contributed by atoms with E-state index in [1.54, 1.807) is 0 Å². The maximum absolute atomic E-state index is 11.0. The van der Waals surface area contributed by atoms with Gasteiger partial charge in [0, 0.05) is 36.8 Å². The number of esters is 1. The smallest absolute Gasteiger partial charge is 0.308 e. The van der Waals surface area contributed by atoms with Crippen molar-refractivity contribution >= 4 is 29.3 Å². The first-order valence-corrected chi connectivity index (χ1v) is 32.4. The van der Waals surface area contributed by atoms with E-state index in [2.05, 4.69) is 185 Å². The van der Waals surface area contributed by atoms with Crippen LogP contribution in [0, 0.1) is 76.9 Å². The molecule has 7 nitrogen and oxygen atoms in total. The van der Waals surface area contributed by atoms with Gasteiger partial charge in [0.1, 0.15) is 11.6 Å². The Kier molecular flexibility index (Phi) is 95.9. The molecule has 492 valence electrons. The first-order chi connectivity index (χ1) is 34.5. The largest absolute Gasteiger partial charge is 0.463 e. The molecule has 79 heavy (non-hydrogen) atoms. The minimum Gasteiger partial charge on any atom is -0.463 e. The Bertz CT molecular complexity index is 967. The second-order valence-corrected chi connectivity index (χ2v) is 30.0. The van der Waals surface area contributed by atoms with Gasteiger partial charge in [-0.3, -0.25) is 14.4 Å². The Labute approximate surface area is 509 Å². The van der Waals surface area contributed by atoms with Crippen LogP contribution in [-0.2, 0) is 28.6 Å². The van der Waals surface area contributed by atoms with Crippen LogP contribution in [0.2, 0.25) is 0 Å². The minimum atomic E-state index is -0.120. The molecule has 0 aliphatic carbocycles. The first kappa shape index (κ1) is 106. The topological polar surface area (TPSA) is 90.9 Å². The van der Waals surface area contributed by atoms with Crippen LogP contribution in [0.5, 0.6) is 0 Å². The summed E-state index contributed by atoms with van der Waals surface area (Å²) in [5.74, 6) is 8.43. The van der Waals surface area contributed by atoms with Gasteiger partial charge in [0.15, 0.2) is 0 Å². The van der Waals surface area contributed by atoms with E-state index in [1.807, 2.05) is 109 Å². The molecule has 0 aromatic rings. The van der Waals surface area contributed by atoms with Crippen molar-refractivity contribution in [2.24, 2.45) is 76.9 Å². The maximum Gasteiger partial charge on any atom is 0.308 e. The van der Waals surface area contributed by atoms with Gasteiger partial charge in [0.05, 0.1) is 30.3 Å². The second-order valence-electron chi connectivity index (χ2n) is 27.8. The molecule has 0 aliphatic rings. The van der Waals surface area contributed by atoms with E-state index in [4.69, 9.17) is 14.2 Å². The molecule has 0 bridgehead atoms. The molecule has 0 saturated heterocycles. The molecule has 0 amide bonds. The van der Waals surface area contributed by atoms with Crippen molar-refractivity contribution in [2.75, 3.05) is 13.2 Å². The molecule has 8 heteroatoms. The lowest BCUT2D eigenvalue weighted by atomic mass is 9.99. The molecular formula is C71H161NO6S. The van der Waals surface area contributed by atoms with Gasteiger partial charge < -0.3 is 19.5 Å². The first-order valence-electron chi connectivity index (χ1n) is 31.4. The minimum absolute atomic E-state index is 0. The van der Waals surface area contributed by atoms with Gasteiger partial charge in [-0.2, -0.15) is 11.8 Å². The molecule has 0 aliphatic heterocycles. The van der Waals surface area contributed by atoms with Crippen molar-refractivity contribution < 1.29 is 28.6 Å². The number of carbonyl (C=O) groups excluding carboxylic acids is 3. The predicted molar refractivity (Wildman–Crippen MR) is 370 cm³/mol. The van der Waals surface area contributed by atoms with Gasteiger partial charge in [-0.25, -0.2) is 0 Å². The van der Waals surface area contributed by atoms with E-state index in [1.165, 1.54) is 19.3 Å². The van der Waals surface area contributed by atoms with Crippen LogP contribution in [-0.4, -0.2) is 71.6 Å². The zero-order valence-electron chi connectivity index (χ0n) is 60.6. The summed E-state index contributed by atoms with van der Waals surface area (Å²) in [5.41, 5.74) is 0. The highest BCUT2D eigenvalue weighted by Crippen LogP contribution is 2.15. The number of rotatable bonds is 23.